The lowest BCUT2D eigenvalue weighted by molar-refractivity contribution is 0.0385. The third-order valence-electron chi connectivity index (χ3n) is 2.94. The molecule has 0 aromatic heterocycles. The zero-order chi connectivity index (χ0) is 12.2. The third-order valence-corrected chi connectivity index (χ3v) is 2.94. The Morgan fingerprint density at radius 2 is 1.40 bits per heavy atom. The van der Waals surface area contributed by atoms with Crippen LogP contribution >= 0.6 is 0 Å². The van der Waals surface area contributed by atoms with E-state index in [4.69, 9.17) is 0 Å². The first kappa shape index (κ1) is 15.0. The summed E-state index contributed by atoms with van der Waals surface area (Å²) in [5.41, 5.74) is 0.317. The summed E-state index contributed by atoms with van der Waals surface area (Å²) in [6.07, 6.45) is 2.07. The molecule has 0 saturated carbocycles. The van der Waals surface area contributed by atoms with Gasteiger partial charge in [-0.05, 0) is 36.0 Å². The summed E-state index contributed by atoms with van der Waals surface area (Å²) in [4.78, 5) is 0. The van der Waals surface area contributed by atoms with Crippen molar-refractivity contribution in [3.63, 3.8) is 0 Å². The van der Waals surface area contributed by atoms with Crippen molar-refractivity contribution in [2.75, 3.05) is 0 Å². The molecule has 0 rings (SSSR count). The Bertz CT molecular complexity index is 167. The molecule has 0 heterocycles. The molecule has 1 heteroatoms. The van der Waals surface area contributed by atoms with E-state index in [0.29, 0.717) is 23.2 Å². The highest BCUT2D eigenvalue weighted by molar-refractivity contribution is 4.76. The minimum atomic E-state index is -0.147. The van der Waals surface area contributed by atoms with Gasteiger partial charge in [-0.1, -0.05) is 48.5 Å². The van der Waals surface area contributed by atoms with E-state index in [1.54, 1.807) is 0 Å². The molecule has 0 aliphatic rings. The Labute approximate surface area is 96.3 Å². The van der Waals surface area contributed by atoms with Crippen molar-refractivity contribution in [3.05, 3.63) is 0 Å². The summed E-state index contributed by atoms with van der Waals surface area (Å²) in [5.74, 6) is 1.50. The molecule has 0 aromatic carbocycles. The van der Waals surface area contributed by atoms with Gasteiger partial charge in [0.05, 0.1) is 6.10 Å². The van der Waals surface area contributed by atoms with Gasteiger partial charge in [0.2, 0.25) is 0 Å². The van der Waals surface area contributed by atoms with Gasteiger partial charge in [-0.2, -0.15) is 0 Å². The highest BCUT2D eigenvalue weighted by atomic mass is 16.3. The van der Waals surface area contributed by atoms with Crippen LogP contribution in [0.1, 0.15) is 61.3 Å². The molecule has 1 nitrogen and oxygen atoms in total. The molecule has 0 aliphatic heterocycles. The average Bonchev–Trinajstić information content (AvgIpc) is 1.98. The number of aliphatic hydroxyl groups is 1. The highest BCUT2D eigenvalue weighted by Gasteiger charge is 2.25. The monoisotopic (exact) mass is 214 g/mol. The van der Waals surface area contributed by atoms with E-state index in [0.717, 1.165) is 12.8 Å². The second-order valence-electron chi connectivity index (χ2n) is 6.84. The van der Waals surface area contributed by atoms with Gasteiger partial charge in [0.25, 0.3) is 0 Å². The zero-order valence-electron chi connectivity index (χ0n) is 11.7. The van der Waals surface area contributed by atoms with E-state index in [1.807, 2.05) is 0 Å². The molecule has 0 aliphatic carbocycles. The van der Waals surface area contributed by atoms with Gasteiger partial charge >= 0.3 is 0 Å². The lowest BCUT2D eigenvalue weighted by Crippen LogP contribution is -2.29. The smallest absolute Gasteiger partial charge is 0.0591 e. The molecule has 0 bridgehead atoms. The van der Waals surface area contributed by atoms with Crippen LogP contribution in [0.5, 0.6) is 0 Å². The summed E-state index contributed by atoms with van der Waals surface area (Å²) in [7, 11) is 0. The topological polar surface area (TPSA) is 20.2 Å². The van der Waals surface area contributed by atoms with Crippen LogP contribution in [0.15, 0.2) is 0 Å². The van der Waals surface area contributed by atoms with Crippen LogP contribution in [-0.2, 0) is 0 Å². The van der Waals surface area contributed by atoms with Crippen molar-refractivity contribution >= 4 is 0 Å². The molecule has 0 fully saturated rings. The number of rotatable bonds is 5. The third kappa shape index (κ3) is 6.94. The molecule has 0 amide bonds. The van der Waals surface area contributed by atoms with Crippen molar-refractivity contribution in [2.24, 2.45) is 23.2 Å². The SMILES string of the molecule is CC(C)CC(C)C(O)C(C)CC(C)(C)C. The standard InChI is InChI=1S/C14H30O/c1-10(2)8-11(3)13(15)12(4)9-14(5,6)7/h10-13,15H,8-9H2,1-7H3. The van der Waals surface area contributed by atoms with Crippen LogP contribution < -0.4 is 0 Å². The predicted molar refractivity (Wildman–Crippen MR) is 67.9 cm³/mol. The van der Waals surface area contributed by atoms with Crippen LogP contribution in [-0.4, -0.2) is 11.2 Å². The first-order chi connectivity index (χ1) is 6.63. The Hall–Kier alpha value is -0.0400. The van der Waals surface area contributed by atoms with Crippen LogP contribution in [0.25, 0.3) is 0 Å². The van der Waals surface area contributed by atoms with Gasteiger partial charge in [0, 0.05) is 0 Å². The molecule has 1 N–H and O–H groups in total. The van der Waals surface area contributed by atoms with Gasteiger partial charge in [0.1, 0.15) is 0 Å². The summed E-state index contributed by atoms with van der Waals surface area (Å²) < 4.78 is 0. The quantitative estimate of drug-likeness (QED) is 0.730. The molecule has 0 aromatic rings. The Morgan fingerprint density at radius 1 is 0.933 bits per heavy atom. The molecule has 3 unspecified atom stereocenters. The van der Waals surface area contributed by atoms with E-state index in [2.05, 4.69) is 48.5 Å². The molecule has 0 radical (unpaired) electrons. The van der Waals surface area contributed by atoms with Gasteiger partial charge in [-0.25, -0.2) is 0 Å². The van der Waals surface area contributed by atoms with Gasteiger partial charge in [-0.15, -0.1) is 0 Å². The molecular formula is C14H30O. The summed E-state index contributed by atoms with van der Waals surface area (Å²) in [6, 6.07) is 0. The van der Waals surface area contributed by atoms with Gasteiger partial charge in [-0.3, -0.25) is 0 Å². The fourth-order valence-corrected chi connectivity index (χ4v) is 2.53. The second kappa shape index (κ2) is 5.89. The van der Waals surface area contributed by atoms with Gasteiger partial charge in [0.15, 0.2) is 0 Å². The van der Waals surface area contributed by atoms with E-state index in [1.165, 1.54) is 0 Å². The second-order valence-corrected chi connectivity index (χ2v) is 6.84. The fraction of sp³-hybridized carbons (Fsp3) is 1.00. The Kier molecular flexibility index (Phi) is 5.87. The van der Waals surface area contributed by atoms with Crippen molar-refractivity contribution in [3.8, 4) is 0 Å². The first-order valence-corrected chi connectivity index (χ1v) is 6.31. The normalized spacial score (nSPS) is 19.0. The minimum Gasteiger partial charge on any atom is -0.393 e. The lowest BCUT2D eigenvalue weighted by Gasteiger charge is -2.30. The van der Waals surface area contributed by atoms with E-state index < -0.39 is 0 Å². The molecule has 0 saturated heterocycles. The lowest BCUT2D eigenvalue weighted by atomic mass is 9.79. The van der Waals surface area contributed by atoms with Crippen LogP contribution in [0.3, 0.4) is 0 Å². The van der Waals surface area contributed by atoms with E-state index in [-0.39, 0.29) is 6.10 Å². The summed E-state index contributed by atoms with van der Waals surface area (Å²) in [6.45, 7) is 15.5. The molecule has 3 atom stereocenters. The first-order valence-electron chi connectivity index (χ1n) is 6.31. The fourth-order valence-electron chi connectivity index (χ4n) is 2.53. The van der Waals surface area contributed by atoms with Gasteiger partial charge < -0.3 is 5.11 Å². The average molecular weight is 214 g/mol. The summed E-state index contributed by atoms with van der Waals surface area (Å²) in [5, 5.41) is 10.2. The highest BCUT2D eigenvalue weighted by Crippen LogP contribution is 2.30. The molecular weight excluding hydrogens is 184 g/mol. The number of aliphatic hydroxyl groups excluding tert-OH is 1. The Balaban J connectivity index is 4.13. The largest absolute Gasteiger partial charge is 0.393 e. The van der Waals surface area contributed by atoms with E-state index >= 15 is 0 Å². The molecule has 92 valence electrons. The summed E-state index contributed by atoms with van der Waals surface area (Å²) >= 11 is 0. The van der Waals surface area contributed by atoms with E-state index in [9.17, 15) is 5.11 Å². The predicted octanol–water partition coefficient (Wildman–Crippen LogP) is 4.10. The number of hydrogen-bond acceptors (Lipinski definition) is 1. The van der Waals surface area contributed by atoms with Crippen molar-refractivity contribution in [1.29, 1.82) is 0 Å². The molecule has 0 spiro atoms. The Morgan fingerprint density at radius 3 is 1.73 bits per heavy atom. The maximum absolute atomic E-state index is 10.2. The zero-order valence-corrected chi connectivity index (χ0v) is 11.7. The van der Waals surface area contributed by atoms with Crippen molar-refractivity contribution < 1.29 is 5.11 Å². The maximum atomic E-state index is 10.2. The number of hydrogen-bond donors (Lipinski definition) is 1. The van der Waals surface area contributed by atoms with Crippen molar-refractivity contribution in [2.45, 2.75) is 67.4 Å². The maximum Gasteiger partial charge on any atom is 0.0591 e. The molecule has 15 heavy (non-hydrogen) atoms. The van der Waals surface area contributed by atoms with Crippen LogP contribution in [0.4, 0.5) is 0 Å². The minimum absolute atomic E-state index is 0.147. The van der Waals surface area contributed by atoms with Crippen molar-refractivity contribution in [1.82, 2.24) is 0 Å². The van der Waals surface area contributed by atoms with Crippen LogP contribution in [0, 0.1) is 23.2 Å². The van der Waals surface area contributed by atoms with Crippen LogP contribution in [0.2, 0.25) is 0 Å².